The van der Waals surface area contributed by atoms with Crippen LogP contribution in [0.2, 0.25) is 0 Å². The highest BCUT2D eigenvalue weighted by molar-refractivity contribution is 7.89. The molecule has 1 fully saturated rings. The van der Waals surface area contributed by atoms with Gasteiger partial charge in [0.25, 0.3) is 0 Å². The summed E-state index contributed by atoms with van der Waals surface area (Å²) in [4.78, 5) is 12.6. The van der Waals surface area contributed by atoms with Gasteiger partial charge in [0, 0.05) is 6.92 Å². The minimum absolute atomic E-state index is 0.00514. The van der Waals surface area contributed by atoms with Crippen LogP contribution in [0.25, 0.3) is 0 Å². The maximum Gasteiger partial charge on any atom is 0.243 e. The predicted molar refractivity (Wildman–Crippen MR) is 98.1 cm³/mol. The summed E-state index contributed by atoms with van der Waals surface area (Å²) in [5.74, 6) is -0.0284. The summed E-state index contributed by atoms with van der Waals surface area (Å²) < 4.78 is 27.2. The number of rotatable bonds is 5. The minimum Gasteiger partial charge on any atom is -0.351 e. The topological polar surface area (TPSA) is 70.9 Å². The first-order valence-corrected chi connectivity index (χ1v) is 10.2. The Labute approximate surface area is 151 Å². The molecule has 0 aliphatic carbocycles. The van der Waals surface area contributed by atoms with Crippen LogP contribution in [0.1, 0.15) is 33.3 Å². The molecule has 1 aliphatic rings. The van der Waals surface area contributed by atoms with E-state index in [1.807, 2.05) is 12.1 Å². The van der Waals surface area contributed by atoms with Gasteiger partial charge in [-0.1, -0.05) is 32.9 Å². The lowest BCUT2D eigenvalue weighted by molar-refractivity contribution is -0.902. The molecule has 140 valence electrons. The second kappa shape index (κ2) is 7.85. The summed E-state index contributed by atoms with van der Waals surface area (Å²) >= 11 is 0. The van der Waals surface area contributed by atoms with Crippen molar-refractivity contribution in [3.8, 4) is 0 Å². The van der Waals surface area contributed by atoms with Gasteiger partial charge in [-0.25, -0.2) is 8.42 Å². The molecule has 1 amide bonds. The van der Waals surface area contributed by atoms with Crippen molar-refractivity contribution in [1.82, 2.24) is 9.62 Å². The van der Waals surface area contributed by atoms with Crippen molar-refractivity contribution < 1.29 is 18.1 Å². The number of amides is 1. The summed E-state index contributed by atoms with van der Waals surface area (Å²) in [5, 5.41) is 2.79. The Bertz CT molecular complexity index is 685. The van der Waals surface area contributed by atoms with Gasteiger partial charge in [-0.05, 0) is 23.1 Å². The first-order valence-electron chi connectivity index (χ1n) is 8.79. The molecule has 25 heavy (non-hydrogen) atoms. The van der Waals surface area contributed by atoms with Crippen LogP contribution < -0.4 is 10.2 Å². The van der Waals surface area contributed by atoms with Crippen molar-refractivity contribution in [2.75, 3.05) is 39.3 Å². The lowest BCUT2D eigenvalue weighted by atomic mass is 9.87. The van der Waals surface area contributed by atoms with Crippen LogP contribution in [-0.2, 0) is 20.2 Å². The van der Waals surface area contributed by atoms with E-state index in [-0.39, 0.29) is 11.3 Å². The molecule has 1 aliphatic heterocycles. The fourth-order valence-corrected chi connectivity index (χ4v) is 4.43. The quantitative estimate of drug-likeness (QED) is 0.769. The van der Waals surface area contributed by atoms with Gasteiger partial charge in [-0.2, -0.15) is 4.31 Å². The van der Waals surface area contributed by atoms with E-state index in [2.05, 4.69) is 26.1 Å². The maximum atomic E-state index is 12.8. The van der Waals surface area contributed by atoms with E-state index in [1.165, 1.54) is 11.8 Å². The van der Waals surface area contributed by atoms with Crippen molar-refractivity contribution in [3.05, 3.63) is 29.8 Å². The van der Waals surface area contributed by atoms with Gasteiger partial charge in [0.2, 0.25) is 15.9 Å². The molecule has 1 aromatic rings. The summed E-state index contributed by atoms with van der Waals surface area (Å²) in [5.41, 5.74) is 1.13. The van der Waals surface area contributed by atoms with Crippen molar-refractivity contribution >= 4 is 15.9 Å². The van der Waals surface area contributed by atoms with Gasteiger partial charge in [0.1, 0.15) is 0 Å². The molecule has 0 bridgehead atoms. The lowest BCUT2D eigenvalue weighted by Gasteiger charge is -2.31. The number of nitrogens with zero attached hydrogens (tertiary/aromatic N) is 1. The smallest absolute Gasteiger partial charge is 0.243 e. The van der Waals surface area contributed by atoms with Crippen molar-refractivity contribution in [2.45, 2.75) is 38.0 Å². The Morgan fingerprint density at radius 1 is 1.16 bits per heavy atom. The normalized spacial score (nSPS) is 17.4. The zero-order chi connectivity index (χ0) is 18.7. The molecule has 0 spiro atoms. The van der Waals surface area contributed by atoms with E-state index in [0.29, 0.717) is 24.5 Å². The fourth-order valence-electron chi connectivity index (χ4n) is 2.98. The van der Waals surface area contributed by atoms with Crippen LogP contribution in [0.4, 0.5) is 0 Å². The molecule has 7 heteroatoms. The third kappa shape index (κ3) is 5.26. The number of piperazine rings is 1. The number of carbonyl (C=O) groups is 1. The number of hydrogen-bond donors (Lipinski definition) is 2. The highest BCUT2D eigenvalue weighted by atomic mass is 32.2. The first kappa shape index (κ1) is 19.9. The van der Waals surface area contributed by atoms with Crippen LogP contribution in [0.15, 0.2) is 29.2 Å². The SMILES string of the molecule is CC(=O)NCC[NH+]1CCN(S(=O)(=O)c2ccc(C(C)(C)C)cc2)CC1. The van der Waals surface area contributed by atoms with Crippen molar-refractivity contribution in [3.63, 3.8) is 0 Å². The molecular weight excluding hydrogens is 338 g/mol. The van der Waals surface area contributed by atoms with Crippen LogP contribution >= 0.6 is 0 Å². The van der Waals surface area contributed by atoms with E-state index in [4.69, 9.17) is 0 Å². The molecule has 0 radical (unpaired) electrons. The van der Waals surface area contributed by atoms with Crippen LogP contribution in [-0.4, -0.2) is 57.9 Å². The Morgan fingerprint density at radius 3 is 2.20 bits per heavy atom. The molecule has 0 saturated carbocycles. The molecule has 0 unspecified atom stereocenters. The second-order valence-corrected chi connectivity index (χ2v) is 9.60. The van der Waals surface area contributed by atoms with E-state index < -0.39 is 10.0 Å². The summed E-state index contributed by atoms with van der Waals surface area (Å²) in [6.07, 6.45) is 0. The number of benzene rings is 1. The molecule has 6 nitrogen and oxygen atoms in total. The monoisotopic (exact) mass is 368 g/mol. The number of hydrogen-bond acceptors (Lipinski definition) is 3. The molecule has 2 rings (SSSR count). The van der Waals surface area contributed by atoms with Gasteiger partial charge in [-0.3, -0.25) is 4.79 Å². The predicted octanol–water partition coefficient (Wildman–Crippen LogP) is 0.00940. The fraction of sp³-hybridized carbons (Fsp3) is 0.611. The number of sulfonamides is 1. The minimum atomic E-state index is -3.43. The van der Waals surface area contributed by atoms with Crippen LogP contribution in [0, 0.1) is 0 Å². The van der Waals surface area contributed by atoms with Crippen molar-refractivity contribution in [2.24, 2.45) is 0 Å². The molecular formula is C18H30N3O3S+. The number of nitrogens with one attached hydrogen (secondary N) is 2. The molecule has 1 heterocycles. The largest absolute Gasteiger partial charge is 0.351 e. The lowest BCUT2D eigenvalue weighted by Crippen LogP contribution is -3.15. The average Bonchev–Trinajstić information content (AvgIpc) is 2.54. The van der Waals surface area contributed by atoms with Gasteiger partial charge in [-0.15, -0.1) is 0 Å². The molecule has 1 aromatic carbocycles. The zero-order valence-corrected chi connectivity index (χ0v) is 16.4. The third-order valence-electron chi connectivity index (χ3n) is 4.64. The first-order chi connectivity index (χ1) is 11.6. The molecule has 1 saturated heterocycles. The Morgan fingerprint density at radius 2 is 1.72 bits per heavy atom. The van der Waals surface area contributed by atoms with E-state index >= 15 is 0 Å². The Balaban J connectivity index is 1.96. The summed E-state index contributed by atoms with van der Waals surface area (Å²) in [6.45, 7) is 11.8. The molecule has 2 N–H and O–H groups in total. The molecule has 0 aromatic heterocycles. The van der Waals surface area contributed by atoms with Crippen molar-refractivity contribution in [1.29, 1.82) is 0 Å². The van der Waals surface area contributed by atoms with Gasteiger partial charge < -0.3 is 10.2 Å². The van der Waals surface area contributed by atoms with Crippen LogP contribution in [0.5, 0.6) is 0 Å². The highest BCUT2D eigenvalue weighted by Crippen LogP contribution is 2.24. The van der Waals surface area contributed by atoms with E-state index in [0.717, 1.165) is 25.2 Å². The average molecular weight is 369 g/mol. The van der Waals surface area contributed by atoms with Crippen LogP contribution in [0.3, 0.4) is 0 Å². The standard InChI is InChI=1S/C18H29N3O3S/c1-15(22)19-9-10-20-11-13-21(14-12-20)25(23,24)17-7-5-16(6-8-17)18(2,3)4/h5-8H,9-14H2,1-4H3,(H,19,22)/p+1. The number of quaternary nitrogens is 1. The summed E-state index contributed by atoms with van der Waals surface area (Å²) in [6, 6.07) is 7.24. The van der Waals surface area contributed by atoms with E-state index in [9.17, 15) is 13.2 Å². The van der Waals surface area contributed by atoms with Gasteiger partial charge in [0.15, 0.2) is 0 Å². The summed E-state index contributed by atoms with van der Waals surface area (Å²) in [7, 11) is -3.43. The molecule has 0 atom stereocenters. The Hall–Kier alpha value is -1.44. The second-order valence-electron chi connectivity index (χ2n) is 7.66. The zero-order valence-electron chi connectivity index (χ0n) is 15.6. The number of carbonyl (C=O) groups excluding carboxylic acids is 1. The van der Waals surface area contributed by atoms with E-state index in [1.54, 1.807) is 16.4 Å². The third-order valence-corrected chi connectivity index (χ3v) is 6.55. The van der Waals surface area contributed by atoms with Gasteiger partial charge in [0.05, 0.1) is 44.2 Å². The highest BCUT2D eigenvalue weighted by Gasteiger charge is 2.30. The maximum absolute atomic E-state index is 12.8. The van der Waals surface area contributed by atoms with Gasteiger partial charge >= 0.3 is 0 Å². The Kier molecular flexibility index (Phi) is 6.24.